The fraction of sp³-hybridized carbons (Fsp3) is 0.154. The molecule has 0 aliphatic rings. The predicted molar refractivity (Wildman–Crippen MR) is 75.3 cm³/mol. The molecule has 1 aromatic carbocycles. The molecule has 7 heteroatoms. The van der Waals surface area contributed by atoms with Crippen LogP contribution < -0.4 is 10.5 Å². The van der Waals surface area contributed by atoms with Crippen LogP contribution in [0.2, 0.25) is 0 Å². The van der Waals surface area contributed by atoms with Gasteiger partial charge in [0.1, 0.15) is 11.6 Å². The summed E-state index contributed by atoms with van der Waals surface area (Å²) in [5.41, 5.74) is 5.86. The number of aromatic nitrogens is 1. The zero-order valence-corrected chi connectivity index (χ0v) is 11.8. The Morgan fingerprint density at radius 2 is 2.00 bits per heavy atom. The Bertz CT molecular complexity index is 746. The molecule has 106 valence electrons. The van der Waals surface area contributed by atoms with Crippen LogP contribution in [0, 0.1) is 19.7 Å². The highest BCUT2D eigenvalue weighted by Crippen LogP contribution is 2.28. The first kappa shape index (κ1) is 14.3. The summed E-state index contributed by atoms with van der Waals surface area (Å²) in [6, 6.07) is 5.96. The van der Waals surface area contributed by atoms with E-state index in [0.717, 1.165) is 6.07 Å². The summed E-state index contributed by atoms with van der Waals surface area (Å²) in [6.07, 6.45) is 1.47. The third kappa shape index (κ3) is 2.57. The van der Waals surface area contributed by atoms with Crippen LogP contribution in [-0.4, -0.2) is 13.4 Å². The van der Waals surface area contributed by atoms with Crippen LogP contribution in [0.3, 0.4) is 0 Å². The third-order valence-electron chi connectivity index (χ3n) is 2.88. The topological polar surface area (TPSA) is 85.1 Å². The summed E-state index contributed by atoms with van der Waals surface area (Å²) >= 11 is 0. The Kier molecular flexibility index (Phi) is 3.63. The van der Waals surface area contributed by atoms with Gasteiger partial charge in [-0.3, -0.25) is 4.72 Å². The minimum atomic E-state index is -3.87. The van der Waals surface area contributed by atoms with Gasteiger partial charge in [0.05, 0.1) is 10.6 Å². The second-order valence-corrected chi connectivity index (χ2v) is 5.98. The number of hydrogen-bond acceptors (Lipinski definition) is 4. The first-order chi connectivity index (χ1) is 9.33. The highest BCUT2D eigenvalue weighted by molar-refractivity contribution is 7.92. The van der Waals surface area contributed by atoms with Gasteiger partial charge in [0.15, 0.2) is 0 Å². The number of sulfonamides is 1. The van der Waals surface area contributed by atoms with Crippen LogP contribution in [-0.2, 0) is 10.0 Å². The number of nitrogen functional groups attached to an aromatic ring is 1. The van der Waals surface area contributed by atoms with Crippen molar-refractivity contribution in [1.29, 1.82) is 0 Å². The molecule has 0 aliphatic carbocycles. The maximum absolute atomic E-state index is 13.5. The first-order valence-electron chi connectivity index (χ1n) is 5.82. The van der Waals surface area contributed by atoms with E-state index in [-0.39, 0.29) is 27.5 Å². The van der Waals surface area contributed by atoms with E-state index >= 15 is 0 Å². The predicted octanol–water partition coefficient (Wildman–Crippen LogP) is 2.22. The summed E-state index contributed by atoms with van der Waals surface area (Å²) in [5.74, 6) is -0.439. The number of benzene rings is 1. The Morgan fingerprint density at radius 3 is 2.60 bits per heavy atom. The molecule has 0 atom stereocenters. The molecule has 0 saturated heterocycles. The Balaban J connectivity index is 2.53. The monoisotopic (exact) mass is 295 g/mol. The number of halogens is 1. The van der Waals surface area contributed by atoms with Gasteiger partial charge in [-0.1, -0.05) is 6.07 Å². The normalized spacial score (nSPS) is 11.3. The van der Waals surface area contributed by atoms with Crippen LogP contribution in [0.25, 0.3) is 0 Å². The molecule has 5 nitrogen and oxygen atoms in total. The molecule has 1 aromatic heterocycles. The molecule has 0 spiro atoms. The molecule has 0 fully saturated rings. The van der Waals surface area contributed by atoms with Crippen molar-refractivity contribution in [1.82, 2.24) is 4.98 Å². The maximum Gasteiger partial charge on any atom is 0.263 e. The largest absolute Gasteiger partial charge is 0.396 e. The number of hydrogen-bond donors (Lipinski definition) is 2. The lowest BCUT2D eigenvalue weighted by Gasteiger charge is -2.14. The highest BCUT2D eigenvalue weighted by atomic mass is 32.2. The van der Waals surface area contributed by atoms with Gasteiger partial charge in [-0.15, -0.1) is 0 Å². The average molecular weight is 295 g/mol. The van der Waals surface area contributed by atoms with Gasteiger partial charge < -0.3 is 5.73 Å². The zero-order valence-electron chi connectivity index (χ0n) is 11.0. The first-order valence-corrected chi connectivity index (χ1v) is 7.30. The molecule has 0 amide bonds. The van der Waals surface area contributed by atoms with Gasteiger partial charge in [0.2, 0.25) is 0 Å². The molecule has 2 aromatic rings. The summed E-state index contributed by atoms with van der Waals surface area (Å²) in [7, 11) is -3.87. The van der Waals surface area contributed by atoms with Gasteiger partial charge in [0, 0.05) is 6.20 Å². The van der Waals surface area contributed by atoms with E-state index in [9.17, 15) is 12.8 Å². The minimum absolute atomic E-state index is 0.0259. The second kappa shape index (κ2) is 5.09. The van der Waals surface area contributed by atoms with Crippen molar-refractivity contribution in [3.8, 4) is 0 Å². The van der Waals surface area contributed by atoms with Crippen molar-refractivity contribution < 1.29 is 12.8 Å². The second-order valence-electron chi connectivity index (χ2n) is 4.36. The Hall–Kier alpha value is -2.15. The van der Waals surface area contributed by atoms with E-state index < -0.39 is 15.8 Å². The molecule has 0 radical (unpaired) electrons. The van der Waals surface area contributed by atoms with Gasteiger partial charge in [-0.05, 0) is 43.2 Å². The molecule has 3 N–H and O–H groups in total. The number of nitrogens with two attached hydrogens (primary N) is 1. The van der Waals surface area contributed by atoms with E-state index in [4.69, 9.17) is 5.73 Å². The van der Waals surface area contributed by atoms with Gasteiger partial charge >= 0.3 is 0 Å². The quantitative estimate of drug-likeness (QED) is 0.850. The van der Waals surface area contributed by atoms with Crippen LogP contribution in [0.15, 0.2) is 35.4 Å². The van der Waals surface area contributed by atoms with Gasteiger partial charge in [0.25, 0.3) is 10.0 Å². The molecular weight excluding hydrogens is 281 g/mol. The number of rotatable bonds is 3. The lowest BCUT2D eigenvalue weighted by molar-refractivity contribution is 0.598. The Morgan fingerprint density at radius 1 is 1.30 bits per heavy atom. The molecule has 2 rings (SSSR count). The fourth-order valence-electron chi connectivity index (χ4n) is 1.96. The summed E-state index contributed by atoms with van der Waals surface area (Å²) < 4.78 is 40.6. The van der Waals surface area contributed by atoms with E-state index in [1.54, 1.807) is 12.1 Å². The van der Waals surface area contributed by atoms with Crippen molar-refractivity contribution >= 4 is 21.5 Å². The van der Waals surface area contributed by atoms with Crippen molar-refractivity contribution in [3.05, 3.63) is 47.4 Å². The van der Waals surface area contributed by atoms with Crippen LogP contribution in [0.5, 0.6) is 0 Å². The van der Waals surface area contributed by atoms with E-state index in [2.05, 4.69) is 9.71 Å². The summed E-state index contributed by atoms with van der Waals surface area (Å²) in [6.45, 7) is 2.99. The van der Waals surface area contributed by atoms with Crippen molar-refractivity contribution in [2.75, 3.05) is 10.5 Å². The minimum Gasteiger partial charge on any atom is -0.396 e. The van der Waals surface area contributed by atoms with Crippen LogP contribution in [0.1, 0.15) is 11.1 Å². The number of anilines is 2. The summed E-state index contributed by atoms with van der Waals surface area (Å²) in [5, 5.41) is 0. The molecule has 0 unspecified atom stereocenters. The molecule has 0 aliphatic heterocycles. The number of nitrogens with zero attached hydrogens (tertiary/aromatic N) is 1. The van der Waals surface area contributed by atoms with E-state index in [1.807, 2.05) is 0 Å². The van der Waals surface area contributed by atoms with Gasteiger partial charge in [-0.25, -0.2) is 17.8 Å². The lowest BCUT2D eigenvalue weighted by Crippen LogP contribution is -2.17. The van der Waals surface area contributed by atoms with E-state index in [1.165, 1.54) is 26.1 Å². The smallest absolute Gasteiger partial charge is 0.263 e. The molecular formula is C13H14FN3O2S. The average Bonchev–Trinajstić information content (AvgIpc) is 2.36. The molecule has 20 heavy (non-hydrogen) atoms. The van der Waals surface area contributed by atoms with Crippen molar-refractivity contribution in [2.45, 2.75) is 18.7 Å². The summed E-state index contributed by atoms with van der Waals surface area (Å²) in [4.78, 5) is 3.87. The molecule has 1 heterocycles. The third-order valence-corrected chi connectivity index (χ3v) is 4.52. The molecule has 0 bridgehead atoms. The highest BCUT2D eigenvalue weighted by Gasteiger charge is 2.23. The standard InChI is InChI=1S/C13H14FN3O2S/c1-8-7-10(14)12(15)9(2)13(8)20(18,19)17-11-5-3-4-6-16-11/h3-7H,15H2,1-2H3,(H,16,17). The number of pyridine rings is 1. The van der Waals surface area contributed by atoms with Crippen LogP contribution >= 0.6 is 0 Å². The van der Waals surface area contributed by atoms with Gasteiger partial charge in [-0.2, -0.15) is 0 Å². The SMILES string of the molecule is Cc1cc(F)c(N)c(C)c1S(=O)(=O)Nc1ccccn1. The van der Waals surface area contributed by atoms with Crippen LogP contribution in [0.4, 0.5) is 15.9 Å². The number of nitrogens with one attached hydrogen (secondary N) is 1. The fourth-order valence-corrected chi connectivity index (χ4v) is 3.45. The maximum atomic E-state index is 13.5. The van der Waals surface area contributed by atoms with E-state index in [0.29, 0.717) is 0 Å². The number of aryl methyl sites for hydroxylation is 1. The van der Waals surface area contributed by atoms with Crippen molar-refractivity contribution in [3.63, 3.8) is 0 Å². The molecule has 0 saturated carbocycles. The van der Waals surface area contributed by atoms with Crippen molar-refractivity contribution in [2.24, 2.45) is 0 Å². The lowest BCUT2D eigenvalue weighted by atomic mass is 10.1. The zero-order chi connectivity index (χ0) is 14.9. The Labute approximate surface area is 116 Å².